The Kier molecular flexibility index (Phi) is 7.71. The van der Waals surface area contributed by atoms with E-state index in [1.165, 1.54) is 17.0 Å². The molecule has 2 aromatic heterocycles. The average Bonchev–Trinajstić information content (AvgIpc) is 2.87. The highest BCUT2D eigenvalue weighted by atomic mass is 16.5. The highest BCUT2D eigenvalue weighted by Crippen LogP contribution is 2.35. The first-order chi connectivity index (χ1) is 16.6. The van der Waals surface area contributed by atoms with Crippen LogP contribution in [0.15, 0.2) is 41.5 Å². The zero-order chi connectivity index (χ0) is 23.9. The second-order valence-corrected chi connectivity index (χ2v) is 7.88. The van der Waals surface area contributed by atoms with Crippen molar-refractivity contribution in [2.24, 2.45) is 0 Å². The molecule has 0 saturated carbocycles. The Balaban J connectivity index is 1.58. The Hall–Kier alpha value is -3.50. The van der Waals surface area contributed by atoms with E-state index in [9.17, 15) is 9.59 Å². The van der Waals surface area contributed by atoms with Crippen LogP contribution in [0, 0.1) is 0 Å². The molecule has 4 rings (SSSR count). The number of ether oxygens (including phenoxy) is 3. The van der Waals surface area contributed by atoms with Crippen LogP contribution < -0.4 is 20.3 Å². The fraction of sp³-hybridized carbons (Fsp3) is 0.417. The quantitative estimate of drug-likeness (QED) is 0.477. The maximum Gasteiger partial charge on any atom is 0.260 e. The lowest BCUT2D eigenvalue weighted by atomic mass is 10.1. The minimum Gasteiger partial charge on any atom is -0.492 e. The number of carbonyl (C=O) groups excluding carboxylic acids is 1. The lowest BCUT2D eigenvalue weighted by Crippen LogP contribution is -2.37. The molecule has 0 unspecified atom stereocenters. The highest BCUT2D eigenvalue weighted by molar-refractivity contribution is 6.04. The molecule has 1 saturated heterocycles. The van der Waals surface area contributed by atoms with Gasteiger partial charge in [-0.05, 0) is 37.6 Å². The summed E-state index contributed by atoms with van der Waals surface area (Å²) in [6.07, 6.45) is 3.67. The third-order valence-corrected chi connectivity index (χ3v) is 5.80. The van der Waals surface area contributed by atoms with Gasteiger partial charge in [0.2, 0.25) is 0 Å². The number of carbonyl (C=O) groups is 1. The molecule has 0 radical (unpaired) electrons. The van der Waals surface area contributed by atoms with Crippen molar-refractivity contribution in [2.75, 3.05) is 51.9 Å². The van der Waals surface area contributed by atoms with E-state index < -0.39 is 0 Å². The first-order valence-electron chi connectivity index (χ1n) is 11.4. The van der Waals surface area contributed by atoms with Gasteiger partial charge in [0.1, 0.15) is 5.82 Å². The summed E-state index contributed by atoms with van der Waals surface area (Å²) in [6, 6.07) is 6.80. The predicted octanol–water partition coefficient (Wildman–Crippen LogP) is 2.17. The molecule has 1 aliphatic heterocycles. The molecular weight excluding hydrogens is 438 g/mol. The molecule has 0 bridgehead atoms. The van der Waals surface area contributed by atoms with Crippen molar-refractivity contribution in [3.63, 3.8) is 0 Å². The molecule has 3 aromatic rings. The molecule has 10 nitrogen and oxygen atoms in total. The minimum atomic E-state index is -0.384. The monoisotopic (exact) mass is 467 g/mol. The van der Waals surface area contributed by atoms with Crippen molar-refractivity contribution in [2.45, 2.75) is 19.9 Å². The normalized spacial score (nSPS) is 14.2. The van der Waals surface area contributed by atoms with Crippen molar-refractivity contribution in [1.29, 1.82) is 0 Å². The number of pyridine rings is 1. The van der Waals surface area contributed by atoms with Crippen LogP contribution >= 0.6 is 0 Å². The largest absolute Gasteiger partial charge is 0.492 e. The topological polar surface area (TPSA) is 108 Å². The Morgan fingerprint density at radius 1 is 1.18 bits per heavy atom. The molecule has 180 valence electrons. The van der Waals surface area contributed by atoms with E-state index >= 15 is 0 Å². The summed E-state index contributed by atoms with van der Waals surface area (Å²) in [7, 11) is 1.54. The summed E-state index contributed by atoms with van der Waals surface area (Å²) in [5.41, 5.74) is 0.120. The van der Waals surface area contributed by atoms with Crippen molar-refractivity contribution >= 4 is 22.5 Å². The van der Waals surface area contributed by atoms with Crippen LogP contribution in [0.5, 0.6) is 11.5 Å². The number of benzene rings is 1. The van der Waals surface area contributed by atoms with Crippen molar-refractivity contribution in [3.05, 3.63) is 52.6 Å². The first-order valence-corrected chi connectivity index (χ1v) is 11.4. The van der Waals surface area contributed by atoms with Gasteiger partial charge in [0.15, 0.2) is 11.5 Å². The van der Waals surface area contributed by atoms with Gasteiger partial charge in [-0.15, -0.1) is 0 Å². The summed E-state index contributed by atoms with van der Waals surface area (Å²) in [5, 5.41) is 11.3. The van der Waals surface area contributed by atoms with Gasteiger partial charge in [0.05, 0.1) is 50.3 Å². The summed E-state index contributed by atoms with van der Waals surface area (Å²) in [6.45, 7) is 7.10. The molecule has 1 aliphatic rings. The molecule has 3 heterocycles. The molecule has 1 N–H and O–H groups in total. The van der Waals surface area contributed by atoms with Gasteiger partial charge in [0.25, 0.3) is 11.5 Å². The maximum atomic E-state index is 13.2. The number of aromatic nitrogens is 3. The molecule has 0 aliphatic carbocycles. The third kappa shape index (κ3) is 5.18. The van der Waals surface area contributed by atoms with Crippen LogP contribution in [0.1, 0.15) is 23.7 Å². The predicted molar refractivity (Wildman–Crippen MR) is 128 cm³/mol. The second kappa shape index (κ2) is 11.1. The number of amides is 1. The number of methoxy groups -OCH3 is 1. The number of nitrogens with zero attached hydrogens (tertiary/aromatic N) is 4. The van der Waals surface area contributed by atoms with Gasteiger partial charge in [-0.3, -0.25) is 19.1 Å². The lowest BCUT2D eigenvalue weighted by Gasteiger charge is -2.26. The van der Waals surface area contributed by atoms with Gasteiger partial charge in [-0.1, -0.05) is 0 Å². The number of morpholine rings is 1. The van der Waals surface area contributed by atoms with Crippen LogP contribution in [0.2, 0.25) is 0 Å². The lowest BCUT2D eigenvalue weighted by molar-refractivity contribution is 0.0357. The van der Waals surface area contributed by atoms with Crippen molar-refractivity contribution in [1.82, 2.24) is 19.7 Å². The second-order valence-electron chi connectivity index (χ2n) is 7.88. The Bertz CT molecular complexity index is 1190. The summed E-state index contributed by atoms with van der Waals surface area (Å²) in [5.74, 6) is 1.00. The standard InChI is InChI=1S/C24H29N5O5/c1-3-29-21(27-23(30)17-7-8-25-26-16-17)15-19-18(24(29)31)5-6-20(22(19)32-2)34-12-4-9-28-10-13-33-14-11-28/h5-8,15-16H,3-4,9-14H2,1-2H3,(H,27,30). The number of hydrogen-bond acceptors (Lipinski definition) is 8. The van der Waals surface area contributed by atoms with E-state index in [-0.39, 0.29) is 11.5 Å². The van der Waals surface area contributed by atoms with Gasteiger partial charge < -0.3 is 19.5 Å². The molecule has 1 amide bonds. The molecule has 10 heteroatoms. The van der Waals surface area contributed by atoms with Crippen LogP contribution in [-0.2, 0) is 11.3 Å². The van der Waals surface area contributed by atoms with E-state index in [0.717, 1.165) is 39.3 Å². The Labute approximate surface area is 197 Å². The molecule has 0 spiro atoms. The van der Waals surface area contributed by atoms with Gasteiger partial charge in [0, 0.05) is 31.6 Å². The van der Waals surface area contributed by atoms with E-state index in [4.69, 9.17) is 14.2 Å². The summed E-state index contributed by atoms with van der Waals surface area (Å²) in [4.78, 5) is 28.2. The van der Waals surface area contributed by atoms with Gasteiger partial charge >= 0.3 is 0 Å². The molecule has 1 fully saturated rings. The SMILES string of the molecule is CCn1c(NC(=O)c2ccnnc2)cc2c(OC)c(OCCCN3CCOCC3)ccc2c1=O. The van der Waals surface area contributed by atoms with Crippen LogP contribution in [0.25, 0.3) is 10.8 Å². The smallest absolute Gasteiger partial charge is 0.260 e. The highest BCUT2D eigenvalue weighted by Gasteiger charge is 2.18. The summed E-state index contributed by atoms with van der Waals surface area (Å²) < 4.78 is 18.6. The molecule has 1 aromatic carbocycles. The molecule has 34 heavy (non-hydrogen) atoms. The van der Waals surface area contributed by atoms with E-state index in [0.29, 0.717) is 46.8 Å². The van der Waals surface area contributed by atoms with E-state index in [1.54, 1.807) is 31.4 Å². The molecule has 0 atom stereocenters. The maximum absolute atomic E-state index is 13.2. The molecular formula is C24H29N5O5. The Morgan fingerprint density at radius 3 is 2.71 bits per heavy atom. The number of rotatable bonds is 9. The van der Waals surface area contributed by atoms with Gasteiger partial charge in [-0.25, -0.2) is 0 Å². The number of anilines is 1. The number of hydrogen-bond donors (Lipinski definition) is 1. The fourth-order valence-electron chi connectivity index (χ4n) is 4.03. The first kappa shape index (κ1) is 23.7. The summed E-state index contributed by atoms with van der Waals surface area (Å²) >= 11 is 0. The number of nitrogens with one attached hydrogen (secondary N) is 1. The zero-order valence-electron chi connectivity index (χ0n) is 19.5. The average molecular weight is 468 g/mol. The van der Waals surface area contributed by atoms with Crippen molar-refractivity contribution in [3.8, 4) is 11.5 Å². The fourth-order valence-corrected chi connectivity index (χ4v) is 4.03. The van der Waals surface area contributed by atoms with Crippen LogP contribution in [0.4, 0.5) is 5.82 Å². The minimum absolute atomic E-state index is 0.222. The van der Waals surface area contributed by atoms with E-state index in [1.807, 2.05) is 6.92 Å². The number of fused-ring (bicyclic) bond motifs is 1. The van der Waals surface area contributed by atoms with Gasteiger partial charge in [-0.2, -0.15) is 10.2 Å². The van der Waals surface area contributed by atoms with Crippen molar-refractivity contribution < 1.29 is 19.0 Å². The third-order valence-electron chi connectivity index (χ3n) is 5.80. The Morgan fingerprint density at radius 2 is 2.00 bits per heavy atom. The van der Waals surface area contributed by atoms with Crippen LogP contribution in [0.3, 0.4) is 0 Å². The van der Waals surface area contributed by atoms with Crippen LogP contribution in [-0.4, -0.2) is 72.1 Å². The van der Waals surface area contributed by atoms with E-state index in [2.05, 4.69) is 20.4 Å². The zero-order valence-corrected chi connectivity index (χ0v) is 19.5.